The molecule has 4 unspecified atom stereocenters. The van der Waals surface area contributed by atoms with E-state index in [0.29, 0.717) is 11.8 Å². The normalized spacial score (nSPS) is 35.1. The smallest absolute Gasteiger partial charge is 0.244 e. The van der Waals surface area contributed by atoms with Crippen molar-refractivity contribution in [3.63, 3.8) is 0 Å². The molecule has 112 valence electrons. The second kappa shape index (κ2) is 6.25. The van der Waals surface area contributed by atoms with E-state index in [1.54, 1.807) is 0 Å². The van der Waals surface area contributed by atoms with Gasteiger partial charge in [-0.2, -0.15) is 4.98 Å². The molecule has 1 saturated carbocycles. The SMILES string of the molecule is CCC1CCCC(c2noc(C3NCCCC3C)n2)C1. The summed E-state index contributed by atoms with van der Waals surface area (Å²) in [7, 11) is 0. The average Bonchev–Trinajstić information content (AvgIpc) is 2.97. The van der Waals surface area contributed by atoms with Gasteiger partial charge in [0, 0.05) is 5.92 Å². The molecular weight excluding hydrogens is 250 g/mol. The van der Waals surface area contributed by atoms with Crippen LogP contribution in [0.3, 0.4) is 0 Å². The predicted octanol–water partition coefficient (Wildman–Crippen LogP) is 3.81. The van der Waals surface area contributed by atoms with Crippen molar-refractivity contribution in [3.05, 3.63) is 11.7 Å². The number of hydrogen-bond acceptors (Lipinski definition) is 4. The van der Waals surface area contributed by atoms with Crippen LogP contribution >= 0.6 is 0 Å². The third-order valence-corrected chi connectivity index (χ3v) is 5.22. The lowest BCUT2D eigenvalue weighted by molar-refractivity contribution is 0.237. The van der Waals surface area contributed by atoms with Crippen LogP contribution in [0.1, 0.15) is 82.5 Å². The Hall–Kier alpha value is -0.900. The standard InChI is InChI=1S/C16H27N3O/c1-3-12-7-4-8-13(10-12)15-18-16(20-19-15)14-11(2)6-5-9-17-14/h11-14,17H,3-10H2,1-2H3. The van der Waals surface area contributed by atoms with E-state index in [4.69, 9.17) is 9.51 Å². The highest BCUT2D eigenvalue weighted by atomic mass is 16.5. The summed E-state index contributed by atoms with van der Waals surface area (Å²) >= 11 is 0. The second-order valence-electron chi connectivity index (χ2n) is 6.68. The third kappa shape index (κ3) is 2.90. The molecule has 4 nitrogen and oxygen atoms in total. The maximum Gasteiger partial charge on any atom is 0.244 e. The zero-order chi connectivity index (χ0) is 13.9. The van der Waals surface area contributed by atoms with Gasteiger partial charge in [-0.3, -0.25) is 0 Å². The number of aromatic nitrogens is 2. The number of piperidine rings is 1. The summed E-state index contributed by atoms with van der Waals surface area (Å²) in [6.07, 6.45) is 8.93. The molecule has 0 aromatic carbocycles. The van der Waals surface area contributed by atoms with Gasteiger partial charge in [0.25, 0.3) is 0 Å². The predicted molar refractivity (Wildman–Crippen MR) is 78.4 cm³/mol. The minimum atomic E-state index is 0.260. The fraction of sp³-hybridized carbons (Fsp3) is 0.875. The van der Waals surface area contributed by atoms with Crippen molar-refractivity contribution in [2.24, 2.45) is 11.8 Å². The Bertz CT molecular complexity index is 431. The van der Waals surface area contributed by atoms with E-state index in [1.807, 2.05) is 0 Å². The van der Waals surface area contributed by atoms with E-state index in [0.717, 1.165) is 24.2 Å². The summed E-state index contributed by atoms with van der Waals surface area (Å²) in [6, 6.07) is 0.260. The lowest BCUT2D eigenvalue weighted by atomic mass is 9.80. The Balaban J connectivity index is 1.69. The lowest BCUT2D eigenvalue weighted by Crippen LogP contribution is -2.33. The number of hydrogen-bond donors (Lipinski definition) is 1. The largest absolute Gasteiger partial charge is 0.338 e. The van der Waals surface area contributed by atoms with Gasteiger partial charge in [0.05, 0.1) is 6.04 Å². The van der Waals surface area contributed by atoms with Gasteiger partial charge >= 0.3 is 0 Å². The van der Waals surface area contributed by atoms with Crippen molar-refractivity contribution < 1.29 is 4.52 Å². The number of rotatable bonds is 3. The summed E-state index contributed by atoms with van der Waals surface area (Å²) < 4.78 is 5.57. The molecule has 0 spiro atoms. The first-order valence-corrected chi connectivity index (χ1v) is 8.34. The maximum atomic E-state index is 5.57. The van der Waals surface area contributed by atoms with E-state index in [-0.39, 0.29) is 6.04 Å². The molecule has 2 aliphatic rings. The van der Waals surface area contributed by atoms with Crippen LogP contribution in [0.2, 0.25) is 0 Å². The van der Waals surface area contributed by atoms with E-state index < -0.39 is 0 Å². The number of nitrogens with one attached hydrogen (secondary N) is 1. The minimum absolute atomic E-state index is 0.260. The summed E-state index contributed by atoms with van der Waals surface area (Å²) in [6.45, 7) is 5.63. The van der Waals surface area contributed by atoms with Crippen LogP contribution in [-0.4, -0.2) is 16.7 Å². The molecule has 3 rings (SSSR count). The lowest BCUT2D eigenvalue weighted by Gasteiger charge is -2.27. The van der Waals surface area contributed by atoms with Crippen molar-refractivity contribution >= 4 is 0 Å². The summed E-state index contributed by atoms with van der Waals surface area (Å²) in [4.78, 5) is 4.74. The van der Waals surface area contributed by atoms with Gasteiger partial charge in [0.1, 0.15) is 0 Å². The quantitative estimate of drug-likeness (QED) is 0.912. The molecule has 2 fully saturated rings. The second-order valence-corrected chi connectivity index (χ2v) is 6.68. The highest BCUT2D eigenvalue weighted by Crippen LogP contribution is 2.37. The Morgan fingerprint density at radius 1 is 1.25 bits per heavy atom. The molecular formula is C16H27N3O. The van der Waals surface area contributed by atoms with Crippen molar-refractivity contribution in [2.45, 2.75) is 70.8 Å². The molecule has 1 aromatic heterocycles. The van der Waals surface area contributed by atoms with Gasteiger partial charge < -0.3 is 9.84 Å². The average molecular weight is 277 g/mol. The Labute approximate surface area is 121 Å². The van der Waals surface area contributed by atoms with Crippen molar-refractivity contribution in [1.82, 2.24) is 15.5 Å². The molecule has 0 amide bonds. The maximum absolute atomic E-state index is 5.57. The third-order valence-electron chi connectivity index (χ3n) is 5.22. The van der Waals surface area contributed by atoms with Gasteiger partial charge in [-0.15, -0.1) is 0 Å². The van der Waals surface area contributed by atoms with Crippen LogP contribution in [0, 0.1) is 11.8 Å². The van der Waals surface area contributed by atoms with Crippen LogP contribution in [0.4, 0.5) is 0 Å². The minimum Gasteiger partial charge on any atom is -0.338 e. The first kappa shape index (κ1) is 14.1. The summed E-state index contributed by atoms with van der Waals surface area (Å²) in [5.74, 6) is 3.72. The Kier molecular flexibility index (Phi) is 4.39. The molecule has 1 saturated heterocycles. The zero-order valence-corrected chi connectivity index (χ0v) is 12.8. The molecule has 4 heteroatoms. The highest BCUT2D eigenvalue weighted by molar-refractivity contribution is 5.02. The van der Waals surface area contributed by atoms with Crippen LogP contribution in [0.15, 0.2) is 4.52 Å². The van der Waals surface area contributed by atoms with Gasteiger partial charge in [-0.1, -0.05) is 38.3 Å². The molecule has 1 aliphatic carbocycles. The molecule has 4 atom stereocenters. The van der Waals surface area contributed by atoms with Gasteiger partial charge in [-0.25, -0.2) is 0 Å². The summed E-state index contributed by atoms with van der Waals surface area (Å²) in [5.41, 5.74) is 0. The van der Waals surface area contributed by atoms with Gasteiger partial charge in [-0.05, 0) is 44.1 Å². The Morgan fingerprint density at radius 2 is 2.15 bits per heavy atom. The molecule has 20 heavy (non-hydrogen) atoms. The van der Waals surface area contributed by atoms with Crippen LogP contribution in [-0.2, 0) is 0 Å². The van der Waals surface area contributed by atoms with Gasteiger partial charge in [0.2, 0.25) is 5.89 Å². The van der Waals surface area contributed by atoms with E-state index in [1.165, 1.54) is 44.9 Å². The van der Waals surface area contributed by atoms with Crippen molar-refractivity contribution in [1.29, 1.82) is 0 Å². The summed E-state index contributed by atoms with van der Waals surface area (Å²) in [5, 5.41) is 7.82. The molecule has 1 aliphatic heterocycles. The monoisotopic (exact) mass is 277 g/mol. The molecule has 0 bridgehead atoms. The van der Waals surface area contributed by atoms with E-state index in [9.17, 15) is 0 Å². The molecule has 1 N–H and O–H groups in total. The van der Waals surface area contributed by atoms with Gasteiger partial charge in [0.15, 0.2) is 5.82 Å². The highest BCUT2D eigenvalue weighted by Gasteiger charge is 2.30. The van der Waals surface area contributed by atoms with Crippen molar-refractivity contribution in [3.8, 4) is 0 Å². The first-order valence-electron chi connectivity index (χ1n) is 8.34. The Morgan fingerprint density at radius 3 is 2.95 bits per heavy atom. The topological polar surface area (TPSA) is 51.0 Å². The fourth-order valence-corrected chi connectivity index (χ4v) is 3.82. The fourth-order valence-electron chi connectivity index (χ4n) is 3.82. The zero-order valence-electron chi connectivity index (χ0n) is 12.8. The van der Waals surface area contributed by atoms with E-state index in [2.05, 4.69) is 24.3 Å². The van der Waals surface area contributed by atoms with Crippen molar-refractivity contribution in [2.75, 3.05) is 6.54 Å². The number of nitrogens with zero attached hydrogens (tertiary/aromatic N) is 2. The van der Waals surface area contributed by atoms with Crippen LogP contribution < -0.4 is 5.32 Å². The first-order chi connectivity index (χ1) is 9.78. The molecule has 2 heterocycles. The van der Waals surface area contributed by atoms with Crippen LogP contribution in [0.5, 0.6) is 0 Å². The van der Waals surface area contributed by atoms with Crippen LogP contribution in [0.25, 0.3) is 0 Å². The van der Waals surface area contributed by atoms with E-state index >= 15 is 0 Å². The molecule has 1 aromatic rings. The molecule has 0 radical (unpaired) electrons.